The molecular formula is C20H24N4O4. The number of carbonyl (C=O) groups is 3. The number of amides is 4. The molecule has 0 bridgehead atoms. The van der Waals surface area contributed by atoms with Crippen LogP contribution in [0.15, 0.2) is 30.5 Å². The summed E-state index contributed by atoms with van der Waals surface area (Å²) in [5.74, 6) is -0.248. The van der Waals surface area contributed by atoms with Gasteiger partial charge in [0.05, 0.1) is 13.2 Å². The second-order valence-corrected chi connectivity index (χ2v) is 7.13. The number of para-hydroxylation sites is 1. The smallest absolute Gasteiger partial charge is 0.324 e. The van der Waals surface area contributed by atoms with E-state index in [0.29, 0.717) is 45.7 Å². The molecule has 2 aliphatic rings. The van der Waals surface area contributed by atoms with Crippen LogP contribution in [-0.2, 0) is 20.7 Å². The lowest BCUT2D eigenvalue weighted by atomic mass is 10.1. The van der Waals surface area contributed by atoms with E-state index >= 15 is 0 Å². The third-order valence-corrected chi connectivity index (χ3v) is 5.40. The Morgan fingerprint density at radius 1 is 1.18 bits per heavy atom. The monoisotopic (exact) mass is 384 g/mol. The zero-order valence-corrected chi connectivity index (χ0v) is 15.6. The average molecular weight is 384 g/mol. The Labute approximate surface area is 162 Å². The lowest BCUT2D eigenvalue weighted by Crippen LogP contribution is -2.41. The van der Waals surface area contributed by atoms with Crippen LogP contribution in [0.1, 0.15) is 18.4 Å². The number of aromatic amines is 1. The molecule has 8 heteroatoms. The second-order valence-electron chi connectivity index (χ2n) is 7.13. The summed E-state index contributed by atoms with van der Waals surface area (Å²) in [6.07, 6.45) is 3.07. The number of rotatable bonds is 6. The molecule has 2 saturated heterocycles. The van der Waals surface area contributed by atoms with Gasteiger partial charge in [0.1, 0.15) is 6.04 Å². The third-order valence-electron chi connectivity index (χ3n) is 5.40. The van der Waals surface area contributed by atoms with Crippen LogP contribution in [0.4, 0.5) is 4.79 Å². The number of hydrogen-bond donors (Lipinski definition) is 2. The van der Waals surface area contributed by atoms with Gasteiger partial charge in [-0.25, -0.2) is 4.79 Å². The van der Waals surface area contributed by atoms with Crippen molar-refractivity contribution in [2.75, 3.05) is 32.8 Å². The number of urea groups is 1. The normalized spacial score (nSPS) is 20.1. The highest BCUT2D eigenvalue weighted by molar-refractivity contribution is 6.04. The number of hydrogen-bond acceptors (Lipinski definition) is 4. The van der Waals surface area contributed by atoms with Crippen LogP contribution in [0.25, 0.3) is 10.9 Å². The Bertz CT molecular complexity index is 887. The maximum atomic E-state index is 12.6. The quantitative estimate of drug-likeness (QED) is 0.734. The van der Waals surface area contributed by atoms with Crippen molar-refractivity contribution < 1.29 is 19.1 Å². The molecule has 0 spiro atoms. The molecule has 2 aromatic rings. The summed E-state index contributed by atoms with van der Waals surface area (Å²) in [6, 6.07) is 6.94. The SMILES string of the molecule is O=C(CC[C@H]1NC(=O)N(CCc2c[nH]c3ccccc23)C1=O)N1CCOCC1. The zero-order chi connectivity index (χ0) is 19.5. The minimum atomic E-state index is -0.625. The van der Waals surface area contributed by atoms with Gasteiger partial charge in [0.15, 0.2) is 0 Å². The third kappa shape index (κ3) is 3.73. The van der Waals surface area contributed by atoms with Gasteiger partial charge in [-0.15, -0.1) is 0 Å². The first-order valence-electron chi connectivity index (χ1n) is 9.66. The molecular weight excluding hydrogens is 360 g/mol. The molecule has 0 radical (unpaired) electrons. The van der Waals surface area contributed by atoms with Crippen LogP contribution in [-0.4, -0.2) is 71.5 Å². The van der Waals surface area contributed by atoms with Crippen molar-refractivity contribution in [3.05, 3.63) is 36.0 Å². The molecule has 2 N–H and O–H groups in total. The fourth-order valence-corrected chi connectivity index (χ4v) is 3.79. The molecule has 0 aliphatic carbocycles. The summed E-state index contributed by atoms with van der Waals surface area (Å²) in [6.45, 7) is 2.58. The molecule has 8 nitrogen and oxygen atoms in total. The first-order chi connectivity index (χ1) is 13.6. The van der Waals surface area contributed by atoms with E-state index in [1.165, 1.54) is 4.90 Å². The predicted octanol–water partition coefficient (Wildman–Crippen LogP) is 1.27. The van der Waals surface area contributed by atoms with Gasteiger partial charge in [-0.2, -0.15) is 0 Å². The topological polar surface area (TPSA) is 94.7 Å². The summed E-state index contributed by atoms with van der Waals surface area (Å²) in [5.41, 5.74) is 2.11. The largest absolute Gasteiger partial charge is 0.378 e. The van der Waals surface area contributed by atoms with E-state index in [2.05, 4.69) is 10.3 Å². The zero-order valence-electron chi connectivity index (χ0n) is 15.6. The summed E-state index contributed by atoms with van der Waals surface area (Å²) >= 11 is 0. The number of benzene rings is 1. The average Bonchev–Trinajstić information content (AvgIpc) is 3.26. The van der Waals surface area contributed by atoms with Gasteiger partial charge in [0.25, 0.3) is 5.91 Å². The predicted molar refractivity (Wildman–Crippen MR) is 103 cm³/mol. The Kier molecular flexibility index (Phi) is 5.29. The molecule has 4 rings (SSSR count). The summed E-state index contributed by atoms with van der Waals surface area (Å²) in [7, 11) is 0. The molecule has 2 aliphatic heterocycles. The van der Waals surface area contributed by atoms with E-state index in [-0.39, 0.29) is 24.3 Å². The highest BCUT2D eigenvalue weighted by Crippen LogP contribution is 2.20. The lowest BCUT2D eigenvalue weighted by Gasteiger charge is -2.27. The Morgan fingerprint density at radius 3 is 2.79 bits per heavy atom. The van der Waals surface area contributed by atoms with Gasteiger partial charge in [0, 0.05) is 43.2 Å². The number of nitrogens with one attached hydrogen (secondary N) is 2. The van der Waals surface area contributed by atoms with E-state index in [9.17, 15) is 14.4 Å². The summed E-state index contributed by atoms with van der Waals surface area (Å²) in [4.78, 5) is 43.3. The number of carbonyl (C=O) groups excluding carboxylic acids is 3. The van der Waals surface area contributed by atoms with Gasteiger partial charge in [0.2, 0.25) is 5.91 Å². The lowest BCUT2D eigenvalue weighted by molar-refractivity contribution is -0.135. The van der Waals surface area contributed by atoms with Crippen LogP contribution < -0.4 is 5.32 Å². The molecule has 0 saturated carbocycles. The van der Waals surface area contributed by atoms with Crippen molar-refractivity contribution in [2.45, 2.75) is 25.3 Å². The minimum Gasteiger partial charge on any atom is -0.378 e. The van der Waals surface area contributed by atoms with E-state index in [0.717, 1.165) is 16.5 Å². The van der Waals surface area contributed by atoms with Gasteiger partial charge >= 0.3 is 6.03 Å². The van der Waals surface area contributed by atoms with Crippen LogP contribution in [0, 0.1) is 0 Å². The van der Waals surface area contributed by atoms with Crippen molar-refractivity contribution in [1.29, 1.82) is 0 Å². The van der Waals surface area contributed by atoms with Crippen LogP contribution in [0.5, 0.6) is 0 Å². The van der Waals surface area contributed by atoms with Crippen molar-refractivity contribution >= 4 is 28.7 Å². The Hall–Kier alpha value is -2.87. The van der Waals surface area contributed by atoms with Crippen LogP contribution in [0.3, 0.4) is 0 Å². The fourth-order valence-electron chi connectivity index (χ4n) is 3.79. The van der Waals surface area contributed by atoms with E-state index in [4.69, 9.17) is 4.74 Å². The van der Waals surface area contributed by atoms with Gasteiger partial charge < -0.3 is 19.9 Å². The second kappa shape index (κ2) is 8.02. The highest BCUT2D eigenvalue weighted by Gasteiger charge is 2.37. The number of aromatic nitrogens is 1. The molecule has 1 aromatic heterocycles. The summed E-state index contributed by atoms with van der Waals surface area (Å²) < 4.78 is 5.24. The molecule has 28 heavy (non-hydrogen) atoms. The number of ether oxygens (including phenoxy) is 1. The maximum Gasteiger partial charge on any atom is 0.324 e. The van der Waals surface area contributed by atoms with E-state index < -0.39 is 6.04 Å². The van der Waals surface area contributed by atoms with Crippen molar-refractivity contribution in [1.82, 2.24) is 20.1 Å². The fraction of sp³-hybridized carbons (Fsp3) is 0.450. The van der Waals surface area contributed by atoms with Crippen molar-refractivity contribution in [3.8, 4) is 0 Å². The van der Waals surface area contributed by atoms with Crippen molar-refractivity contribution in [2.24, 2.45) is 0 Å². The number of fused-ring (bicyclic) bond motifs is 1. The molecule has 2 fully saturated rings. The van der Waals surface area contributed by atoms with Crippen LogP contribution >= 0.6 is 0 Å². The van der Waals surface area contributed by atoms with E-state index in [1.807, 2.05) is 30.5 Å². The maximum absolute atomic E-state index is 12.6. The number of nitrogens with zero attached hydrogens (tertiary/aromatic N) is 2. The van der Waals surface area contributed by atoms with Gasteiger partial charge in [-0.1, -0.05) is 18.2 Å². The molecule has 3 heterocycles. The molecule has 1 atom stereocenters. The van der Waals surface area contributed by atoms with Crippen LogP contribution in [0.2, 0.25) is 0 Å². The van der Waals surface area contributed by atoms with Gasteiger partial charge in [-0.3, -0.25) is 14.5 Å². The molecule has 4 amide bonds. The number of imide groups is 1. The number of H-pyrrole nitrogens is 1. The van der Waals surface area contributed by atoms with E-state index in [1.54, 1.807) is 4.90 Å². The molecule has 148 valence electrons. The standard InChI is InChI=1S/C20H24N4O4/c25-18(23-9-11-28-12-10-23)6-5-17-19(26)24(20(27)22-17)8-7-14-13-21-16-4-2-1-3-15(14)16/h1-4,13,17,21H,5-12H2,(H,22,27)/t17-/m1/s1. The minimum absolute atomic E-state index is 0.00240. The highest BCUT2D eigenvalue weighted by atomic mass is 16.5. The Morgan fingerprint density at radius 2 is 1.96 bits per heavy atom. The van der Waals surface area contributed by atoms with Crippen molar-refractivity contribution in [3.63, 3.8) is 0 Å². The first kappa shape index (κ1) is 18.5. The molecule has 1 aromatic carbocycles. The first-order valence-corrected chi connectivity index (χ1v) is 9.66. The van der Waals surface area contributed by atoms with Gasteiger partial charge in [-0.05, 0) is 24.5 Å². The number of morpholine rings is 1. The Balaban J connectivity index is 1.31. The summed E-state index contributed by atoms with van der Waals surface area (Å²) in [5, 5.41) is 3.81. The molecule has 0 unspecified atom stereocenters.